The Hall–Kier alpha value is -0.120. The number of ether oxygens (including phenoxy) is 2. The second kappa shape index (κ2) is 4.81. The smallest absolute Gasteiger partial charge is 0.169 e. The summed E-state index contributed by atoms with van der Waals surface area (Å²) in [7, 11) is 0. The maximum atomic E-state index is 9.15. The normalized spacial score (nSPS) is 42.0. The van der Waals surface area contributed by atoms with Crippen LogP contribution < -0.4 is 0 Å². The van der Waals surface area contributed by atoms with E-state index in [0.29, 0.717) is 6.10 Å². The fourth-order valence-electron chi connectivity index (χ4n) is 2.73. The predicted octanol–water partition coefficient (Wildman–Crippen LogP) is 2.22. The zero-order chi connectivity index (χ0) is 10.7. The second-order valence-electron chi connectivity index (χ2n) is 4.77. The van der Waals surface area contributed by atoms with Gasteiger partial charge in [0.2, 0.25) is 0 Å². The van der Waals surface area contributed by atoms with Gasteiger partial charge in [-0.25, -0.2) is 0 Å². The molecule has 15 heavy (non-hydrogen) atoms. The van der Waals surface area contributed by atoms with Gasteiger partial charge in [-0.05, 0) is 32.1 Å². The third kappa shape index (κ3) is 2.52. The summed E-state index contributed by atoms with van der Waals surface area (Å²) < 4.78 is 12.0. The third-order valence-electron chi connectivity index (χ3n) is 3.59. The molecule has 0 aromatic rings. The molecule has 1 N–H and O–H groups in total. The van der Waals surface area contributed by atoms with Crippen molar-refractivity contribution in [2.75, 3.05) is 6.61 Å². The Kier molecular flexibility index (Phi) is 3.65. The Labute approximate surface area is 91.8 Å². The van der Waals surface area contributed by atoms with Gasteiger partial charge in [0.05, 0.1) is 18.8 Å². The number of aliphatic hydroxyl groups is 1. The minimum Gasteiger partial charge on any atom is -0.394 e. The van der Waals surface area contributed by atoms with E-state index in [4.69, 9.17) is 14.6 Å². The highest BCUT2D eigenvalue weighted by atomic mass is 16.7. The summed E-state index contributed by atoms with van der Waals surface area (Å²) in [6.07, 6.45) is 7.85. The van der Waals surface area contributed by atoms with Gasteiger partial charge >= 0.3 is 0 Å². The van der Waals surface area contributed by atoms with E-state index in [-0.39, 0.29) is 18.5 Å². The fourth-order valence-corrected chi connectivity index (χ4v) is 2.73. The molecular weight excluding hydrogens is 192 g/mol. The highest BCUT2D eigenvalue weighted by Gasteiger charge is 2.41. The zero-order valence-corrected chi connectivity index (χ0v) is 9.58. The largest absolute Gasteiger partial charge is 0.394 e. The van der Waals surface area contributed by atoms with Gasteiger partial charge in [0, 0.05) is 12.8 Å². The van der Waals surface area contributed by atoms with Crippen molar-refractivity contribution in [1.82, 2.24) is 0 Å². The lowest BCUT2D eigenvalue weighted by Crippen LogP contribution is -2.48. The molecule has 2 fully saturated rings. The molecule has 0 radical (unpaired) electrons. The Morgan fingerprint density at radius 3 is 2.33 bits per heavy atom. The van der Waals surface area contributed by atoms with E-state index >= 15 is 0 Å². The molecule has 2 rings (SSSR count). The molecule has 2 aliphatic rings. The van der Waals surface area contributed by atoms with Crippen LogP contribution in [0.15, 0.2) is 0 Å². The Morgan fingerprint density at radius 2 is 1.73 bits per heavy atom. The molecule has 0 saturated carbocycles. The minimum atomic E-state index is -0.357. The van der Waals surface area contributed by atoms with E-state index in [9.17, 15) is 0 Å². The van der Waals surface area contributed by atoms with Crippen molar-refractivity contribution in [3.8, 4) is 0 Å². The first-order chi connectivity index (χ1) is 7.28. The van der Waals surface area contributed by atoms with Crippen LogP contribution in [0.4, 0.5) is 0 Å². The summed E-state index contributed by atoms with van der Waals surface area (Å²) in [5.74, 6) is -0.357. The van der Waals surface area contributed by atoms with E-state index < -0.39 is 0 Å². The van der Waals surface area contributed by atoms with Gasteiger partial charge in [0.15, 0.2) is 5.79 Å². The van der Waals surface area contributed by atoms with Crippen LogP contribution in [0, 0.1) is 0 Å². The van der Waals surface area contributed by atoms with Gasteiger partial charge in [-0.3, -0.25) is 0 Å². The van der Waals surface area contributed by atoms with Gasteiger partial charge < -0.3 is 14.6 Å². The number of hydrogen-bond acceptors (Lipinski definition) is 3. The predicted molar refractivity (Wildman–Crippen MR) is 57.6 cm³/mol. The summed E-state index contributed by atoms with van der Waals surface area (Å²) in [5, 5.41) is 9.15. The first-order valence-electron chi connectivity index (χ1n) is 6.24. The van der Waals surface area contributed by atoms with Crippen LogP contribution in [-0.2, 0) is 9.47 Å². The van der Waals surface area contributed by atoms with E-state index in [1.807, 2.05) is 0 Å². The molecule has 2 heterocycles. The molecule has 0 aromatic carbocycles. The minimum absolute atomic E-state index is 0.00523. The van der Waals surface area contributed by atoms with E-state index in [1.165, 1.54) is 6.42 Å². The van der Waals surface area contributed by atoms with Crippen LogP contribution in [0.5, 0.6) is 0 Å². The molecule has 2 saturated heterocycles. The standard InChI is InChI=1S/C12H22O3/c1-2-10-5-3-7-12(14-10)8-4-6-11(9-13)15-12/h10-11,13H,2-9H2,1H3/t10-,11+,12+/m1/s1. The van der Waals surface area contributed by atoms with Crippen LogP contribution in [0.25, 0.3) is 0 Å². The Morgan fingerprint density at radius 1 is 1.13 bits per heavy atom. The molecule has 2 aliphatic heterocycles. The second-order valence-corrected chi connectivity index (χ2v) is 4.77. The van der Waals surface area contributed by atoms with Crippen LogP contribution >= 0.6 is 0 Å². The average Bonchev–Trinajstić information content (AvgIpc) is 2.29. The van der Waals surface area contributed by atoms with Crippen LogP contribution in [0.2, 0.25) is 0 Å². The molecule has 3 heteroatoms. The summed E-state index contributed by atoms with van der Waals surface area (Å²) in [5.41, 5.74) is 0. The summed E-state index contributed by atoms with van der Waals surface area (Å²) in [4.78, 5) is 0. The van der Waals surface area contributed by atoms with Crippen molar-refractivity contribution in [3.63, 3.8) is 0 Å². The Balaban J connectivity index is 1.98. The van der Waals surface area contributed by atoms with E-state index in [2.05, 4.69) is 6.92 Å². The molecule has 0 bridgehead atoms. The zero-order valence-electron chi connectivity index (χ0n) is 9.58. The number of rotatable bonds is 2. The molecule has 0 amide bonds. The maximum Gasteiger partial charge on any atom is 0.169 e. The summed E-state index contributed by atoms with van der Waals surface area (Å²) >= 11 is 0. The van der Waals surface area contributed by atoms with Crippen LogP contribution in [-0.4, -0.2) is 29.7 Å². The van der Waals surface area contributed by atoms with Gasteiger partial charge in [-0.15, -0.1) is 0 Å². The Bertz CT molecular complexity index is 183. The quantitative estimate of drug-likeness (QED) is 0.766. The average molecular weight is 214 g/mol. The van der Waals surface area contributed by atoms with Crippen molar-refractivity contribution in [2.24, 2.45) is 0 Å². The lowest BCUT2D eigenvalue weighted by Gasteiger charge is -2.45. The summed E-state index contributed by atoms with van der Waals surface area (Å²) in [6, 6.07) is 0. The molecule has 0 aromatic heterocycles. The van der Waals surface area contributed by atoms with E-state index in [0.717, 1.165) is 38.5 Å². The number of hydrogen-bond donors (Lipinski definition) is 1. The molecule has 3 nitrogen and oxygen atoms in total. The topological polar surface area (TPSA) is 38.7 Å². The SMILES string of the molecule is CC[C@@H]1CCC[C@]2(CCC[C@@H](CO)O2)O1. The first kappa shape index (κ1) is 11.4. The molecular formula is C12H22O3. The van der Waals surface area contributed by atoms with Gasteiger partial charge in [-0.1, -0.05) is 6.92 Å². The van der Waals surface area contributed by atoms with Gasteiger partial charge in [0.25, 0.3) is 0 Å². The highest BCUT2D eigenvalue weighted by molar-refractivity contribution is 4.83. The maximum absolute atomic E-state index is 9.15. The van der Waals surface area contributed by atoms with Crippen molar-refractivity contribution >= 4 is 0 Å². The lowest BCUT2D eigenvalue weighted by molar-refractivity contribution is -0.317. The molecule has 3 atom stereocenters. The fraction of sp³-hybridized carbons (Fsp3) is 1.00. The van der Waals surface area contributed by atoms with Crippen molar-refractivity contribution in [1.29, 1.82) is 0 Å². The van der Waals surface area contributed by atoms with E-state index in [1.54, 1.807) is 0 Å². The summed E-state index contributed by atoms with van der Waals surface area (Å²) in [6.45, 7) is 2.29. The highest BCUT2D eigenvalue weighted by Crippen LogP contribution is 2.39. The molecule has 1 spiro atoms. The van der Waals surface area contributed by atoms with Crippen LogP contribution in [0.1, 0.15) is 51.9 Å². The molecule has 0 unspecified atom stereocenters. The monoisotopic (exact) mass is 214 g/mol. The van der Waals surface area contributed by atoms with Crippen molar-refractivity contribution in [3.05, 3.63) is 0 Å². The molecule has 88 valence electrons. The van der Waals surface area contributed by atoms with Gasteiger partial charge in [0.1, 0.15) is 0 Å². The third-order valence-corrected chi connectivity index (χ3v) is 3.59. The van der Waals surface area contributed by atoms with Gasteiger partial charge in [-0.2, -0.15) is 0 Å². The number of aliphatic hydroxyl groups excluding tert-OH is 1. The first-order valence-corrected chi connectivity index (χ1v) is 6.24. The van der Waals surface area contributed by atoms with Crippen molar-refractivity contribution < 1.29 is 14.6 Å². The van der Waals surface area contributed by atoms with Crippen molar-refractivity contribution in [2.45, 2.75) is 69.9 Å². The molecule has 0 aliphatic carbocycles. The van der Waals surface area contributed by atoms with Crippen LogP contribution in [0.3, 0.4) is 0 Å². The lowest BCUT2D eigenvalue weighted by atomic mass is 9.92.